The second kappa shape index (κ2) is 27.3. The summed E-state index contributed by atoms with van der Waals surface area (Å²) in [7, 11) is 0. The average molecular weight is 392 g/mol. The Morgan fingerprint density at radius 3 is 1.62 bits per heavy atom. The number of carboxylic acid groups (broad SMARTS) is 1. The molecular formula is C21H38KNO3. The molecule has 26 heavy (non-hydrogen) atoms. The van der Waals surface area contributed by atoms with E-state index in [2.05, 4.69) is 31.4 Å². The van der Waals surface area contributed by atoms with E-state index in [4.69, 9.17) is 0 Å². The standard InChI is InChI=1S/C18H34O2.C3H5NO.K/c1-2-3-4-5-6-7-8-9-10-11-12-13-14-15-16-17-18(19)20;1-2-3(4)5;/h9-10H,2-8,11-17H2,1H3,(H,19,20);2H,1H2,(H2,4,5);/q;;+1/p-1/b10-9-;;. The Bertz CT molecular complexity index is 357. The summed E-state index contributed by atoms with van der Waals surface area (Å²) in [6.45, 7) is 5.34. The minimum absolute atomic E-state index is 0. The first-order valence-corrected chi connectivity index (χ1v) is 9.81. The Labute approximate surface area is 203 Å². The second-order valence-corrected chi connectivity index (χ2v) is 6.31. The summed E-state index contributed by atoms with van der Waals surface area (Å²) < 4.78 is 0. The first-order chi connectivity index (χ1) is 12.0. The van der Waals surface area contributed by atoms with Crippen LogP contribution >= 0.6 is 0 Å². The molecule has 5 heteroatoms. The van der Waals surface area contributed by atoms with E-state index < -0.39 is 11.9 Å². The van der Waals surface area contributed by atoms with E-state index in [0.29, 0.717) is 0 Å². The van der Waals surface area contributed by atoms with Crippen LogP contribution in [0.15, 0.2) is 24.8 Å². The van der Waals surface area contributed by atoms with E-state index in [1.807, 2.05) is 0 Å². The van der Waals surface area contributed by atoms with Gasteiger partial charge in [-0.2, -0.15) is 0 Å². The molecular weight excluding hydrogens is 353 g/mol. The molecule has 0 unspecified atom stereocenters. The van der Waals surface area contributed by atoms with Crippen LogP contribution in [0.2, 0.25) is 0 Å². The van der Waals surface area contributed by atoms with Gasteiger partial charge >= 0.3 is 51.4 Å². The van der Waals surface area contributed by atoms with Crippen LogP contribution in [-0.4, -0.2) is 11.9 Å². The Balaban J connectivity index is -0.000000772. The topological polar surface area (TPSA) is 83.2 Å². The van der Waals surface area contributed by atoms with Crippen molar-refractivity contribution in [2.45, 2.75) is 96.8 Å². The van der Waals surface area contributed by atoms with Gasteiger partial charge in [0.2, 0.25) is 5.91 Å². The number of carbonyl (C=O) groups excluding carboxylic acids is 2. The number of hydrogen-bond donors (Lipinski definition) is 1. The Morgan fingerprint density at radius 1 is 0.846 bits per heavy atom. The molecule has 4 nitrogen and oxygen atoms in total. The van der Waals surface area contributed by atoms with Crippen molar-refractivity contribution in [3.63, 3.8) is 0 Å². The van der Waals surface area contributed by atoms with Crippen molar-refractivity contribution >= 4 is 11.9 Å². The Morgan fingerprint density at radius 2 is 1.23 bits per heavy atom. The van der Waals surface area contributed by atoms with Gasteiger partial charge in [0.05, 0.1) is 0 Å². The van der Waals surface area contributed by atoms with Crippen LogP contribution in [0.4, 0.5) is 0 Å². The zero-order valence-corrected chi connectivity index (χ0v) is 20.3. The molecule has 1 amide bonds. The Kier molecular flexibility index (Phi) is 32.3. The summed E-state index contributed by atoms with van der Waals surface area (Å²) in [5.41, 5.74) is 4.53. The fraction of sp³-hybridized carbons (Fsp3) is 0.714. The summed E-state index contributed by atoms with van der Waals surface area (Å²) in [5, 5.41) is 10.2. The van der Waals surface area contributed by atoms with Crippen LogP contribution in [-0.2, 0) is 9.59 Å². The van der Waals surface area contributed by atoms with Crippen molar-refractivity contribution in [1.82, 2.24) is 0 Å². The summed E-state index contributed by atoms with van der Waals surface area (Å²) in [6.07, 6.45) is 22.0. The minimum Gasteiger partial charge on any atom is -0.550 e. The van der Waals surface area contributed by atoms with E-state index in [1.54, 1.807) is 0 Å². The number of allylic oxidation sites excluding steroid dienone is 2. The normalized spacial score (nSPS) is 9.88. The fourth-order valence-electron chi connectivity index (χ4n) is 2.34. The fourth-order valence-corrected chi connectivity index (χ4v) is 2.34. The molecule has 0 rings (SSSR count). The van der Waals surface area contributed by atoms with Gasteiger partial charge in [0, 0.05) is 5.97 Å². The van der Waals surface area contributed by atoms with Gasteiger partial charge in [-0.25, -0.2) is 0 Å². The number of nitrogens with two attached hydrogens (primary N) is 1. The summed E-state index contributed by atoms with van der Waals surface area (Å²) >= 11 is 0. The van der Waals surface area contributed by atoms with Crippen molar-refractivity contribution in [2.24, 2.45) is 5.73 Å². The molecule has 0 aromatic rings. The largest absolute Gasteiger partial charge is 1.00 e. The van der Waals surface area contributed by atoms with Gasteiger partial charge in [-0.3, -0.25) is 4.79 Å². The van der Waals surface area contributed by atoms with Crippen molar-refractivity contribution in [3.05, 3.63) is 24.8 Å². The first-order valence-electron chi connectivity index (χ1n) is 9.81. The molecule has 0 saturated heterocycles. The number of primary amides is 1. The molecule has 0 atom stereocenters. The number of aliphatic carboxylic acids is 1. The van der Waals surface area contributed by atoms with Gasteiger partial charge in [0.25, 0.3) is 0 Å². The molecule has 0 heterocycles. The van der Waals surface area contributed by atoms with Gasteiger partial charge in [-0.1, -0.05) is 77.0 Å². The number of amides is 1. The van der Waals surface area contributed by atoms with E-state index >= 15 is 0 Å². The van der Waals surface area contributed by atoms with Gasteiger partial charge in [0.1, 0.15) is 0 Å². The van der Waals surface area contributed by atoms with E-state index in [0.717, 1.165) is 25.3 Å². The molecule has 0 aliphatic rings. The van der Waals surface area contributed by atoms with E-state index in [9.17, 15) is 14.7 Å². The quantitative estimate of drug-likeness (QED) is 0.187. The molecule has 0 spiro atoms. The SMILES string of the molecule is C=CC(N)=O.CCCCCCCC/C=C\CCCCCCCC(=O)[O-].[K+]. The van der Waals surface area contributed by atoms with Gasteiger partial charge in [0.15, 0.2) is 0 Å². The Hall–Kier alpha value is 0.0564. The molecule has 0 saturated carbocycles. The van der Waals surface area contributed by atoms with Crippen molar-refractivity contribution in [1.29, 1.82) is 0 Å². The molecule has 146 valence electrons. The van der Waals surface area contributed by atoms with Crippen molar-refractivity contribution in [2.75, 3.05) is 0 Å². The van der Waals surface area contributed by atoms with Crippen LogP contribution in [0.5, 0.6) is 0 Å². The molecule has 0 aliphatic heterocycles. The summed E-state index contributed by atoms with van der Waals surface area (Å²) in [4.78, 5) is 19.7. The number of carboxylic acids is 1. The van der Waals surface area contributed by atoms with Gasteiger partial charge < -0.3 is 15.6 Å². The number of unbranched alkanes of at least 4 members (excludes halogenated alkanes) is 11. The van der Waals surface area contributed by atoms with Crippen molar-refractivity contribution < 1.29 is 66.1 Å². The van der Waals surface area contributed by atoms with Crippen LogP contribution in [0.25, 0.3) is 0 Å². The third kappa shape index (κ3) is 35.2. The third-order valence-electron chi connectivity index (χ3n) is 3.84. The van der Waals surface area contributed by atoms with Crippen molar-refractivity contribution in [3.8, 4) is 0 Å². The second-order valence-electron chi connectivity index (χ2n) is 6.31. The number of rotatable bonds is 16. The molecule has 0 bridgehead atoms. The predicted octanol–water partition coefficient (Wildman–Crippen LogP) is 1.44. The summed E-state index contributed by atoms with van der Waals surface area (Å²) in [5.74, 6) is -1.40. The van der Waals surface area contributed by atoms with E-state index in [1.165, 1.54) is 64.2 Å². The molecule has 0 aliphatic carbocycles. The molecule has 2 N–H and O–H groups in total. The van der Waals surface area contributed by atoms with Crippen LogP contribution in [0.1, 0.15) is 96.8 Å². The maximum absolute atomic E-state index is 10.2. The maximum atomic E-state index is 10.2. The summed E-state index contributed by atoms with van der Waals surface area (Å²) in [6, 6.07) is 0. The molecule has 0 fully saturated rings. The molecule has 0 aromatic heterocycles. The molecule has 0 radical (unpaired) electrons. The minimum atomic E-state index is -0.914. The zero-order valence-electron chi connectivity index (χ0n) is 17.1. The first kappa shape index (κ1) is 30.8. The smallest absolute Gasteiger partial charge is 0.550 e. The number of hydrogen-bond acceptors (Lipinski definition) is 3. The van der Waals surface area contributed by atoms with Gasteiger partial charge in [-0.05, 0) is 44.6 Å². The monoisotopic (exact) mass is 391 g/mol. The maximum Gasteiger partial charge on any atom is 1.00 e. The van der Waals surface area contributed by atoms with E-state index in [-0.39, 0.29) is 57.8 Å². The number of carbonyl (C=O) groups is 2. The third-order valence-corrected chi connectivity index (χ3v) is 3.84. The zero-order chi connectivity index (χ0) is 19.2. The average Bonchev–Trinajstić information content (AvgIpc) is 2.58. The van der Waals surface area contributed by atoms with Crippen LogP contribution in [0.3, 0.4) is 0 Å². The molecule has 0 aromatic carbocycles. The van der Waals surface area contributed by atoms with Crippen LogP contribution < -0.4 is 62.2 Å². The predicted molar refractivity (Wildman–Crippen MR) is 104 cm³/mol. The van der Waals surface area contributed by atoms with Gasteiger partial charge in [-0.15, -0.1) is 0 Å². The van der Waals surface area contributed by atoms with Crippen LogP contribution in [0, 0.1) is 0 Å².